The second-order valence-electron chi connectivity index (χ2n) is 7.54. The molecule has 3 fully saturated rings. The lowest BCUT2D eigenvalue weighted by molar-refractivity contribution is -0.182. The zero-order valence-electron chi connectivity index (χ0n) is 13.9. The molecule has 3 atom stereocenters. The van der Waals surface area contributed by atoms with E-state index in [1.807, 2.05) is 4.90 Å². The maximum Gasteiger partial charge on any atom is 0.317 e. The van der Waals surface area contributed by atoms with Crippen molar-refractivity contribution in [2.45, 2.75) is 43.4 Å². The van der Waals surface area contributed by atoms with Crippen molar-refractivity contribution in [3.8, 4) is 0 Å². The maximum atomic E-state index is 12.7. The van der Waals surface area contributed by atoms with Crippen LogP contribution in [-0.4, -0.2) is 49.1 Å². The van der Waals surface area contributed by atoms with Crippen molar-refractivity contribution in [2.24, 2.45) is 5.92 Å². The highest BCUT2D eigenvalue weighted by molar-refractivity contribution is 5.75. The number of benzene rings is 1. The monoisotopic (exact) mass is 328 g/mol. The number of urea groups is 1. The van der Waals surface area contributed by atoms with E-state index < -0.39 is 5.79 Å². The number of fused-ring (bicyclic) bond motifs is 3. The van der Waals surface area contributed by atoms with Gasteiger partial charge < -0.3 is 19.7 Å². The smallest absolute Gasteiger partial charge is 0.317 e. The Bertz CT molecular complexity index is 656. The molecule has 1 N–H and O–H groups in total. The van der Waals surface area contributed by atoms with Crippen molar-refractivity contribution < 1.29 is 14.3 Å². The summed E-state index contributed by atoms with van der Waals surface area (Å²) < 4.78 is 11.6. The van der Waals surface area contributed by atoms with Crippen LogP contribution < -0.4 is 5.32 Å². The summed E-state index contributed by atoms with van der Waals surface area (Å²) in [5.74, 6) is 0.580. The molecule has 2 aliphatic heterocycles. The third-order valence-corrected chi connectivity index (χ3v) is 6.14. The molecule has 2 aliphatic carbocycles. The molecule has 0 radical (unpaired) electrons. The fraction of sp³-hybridized carbons (Fsp3) is 0.632. The Morgan fingerprint density at radius 3 is 2.96 bits per heavy atom. The van der Waals surface area contributed by atoms with E-state index in [9.17, 15) is 4.79 Å². The maximum absolute atomic E-state index is 12.7. The first-order chi connectivity index (χ1) is 11.8. The average Bonchev–Trinajstić information content (AvgIpc) is 3.14. The highest BCUT2D eigenvalue weighted by Gasteiger charge is 2.54. The van der Waals surface area contributed by atoms with Gasteiger partial charge in [0.2, 0.25) is 0 Å². The minimum Gasteiger partial charge on any atom is -0.346 e. The van der Waals surface area contributed by atoms with E-state index in [2.05, 4.69) is 29.6 Å². The van der Waals surface area contributed by atoms with Gasteiger partial charge in [0.25, 0.3) is 0 Å². The minimum absolute atomic E-state index is 0.0463. The van der Waals surface area contributed by atoms with Crippen molar-refractivity contribution >= 4 is 6.03 Å². The van der Waals surface area contributed by atoms with Gasteiger partial charge in [-0.15, -0.1) is 0 Å². The van der Waals surface area contributed by atoms with Crippen LogP contribution in [0.25, 0.3) is 0 Å². The van der Waals surface area contributed by atoms with Crippen molar-refractivity contribution in [3.05, 3.63) is 35.4 Å². The molecule has 5 heteroatoms. The van der Waals surface area contributed by atoms with Crippen LogP contribution in [0.15, 0.2) is 24.3 Å². The molecule has 0 bridgehead atoms. The minimum atomic E-state index is -0.543. The third-order valence-electron chi connectivity index (χ3n) is 6.14. The van der Waals surface area contributed by atoms with E-state index >= 15 is 0 Å². The molecule has 1 saturated carbocycles. The van der Waals surface area contributed by atoms with Crippen LogP contribution in [0.5, 0.6) is 0 Å². The number of ether oxygens (including phenoxy) is 2. The molecule has 2 amide bonds. The topological polar surface area (TPSA) is 50.8 Å². The SMILES string of the molecule is O=C(N[C@@H]1[C@@H]2CCc3ccccc3[C@@H]21)N1CCCC2(C1)OCCO2. The summed E-state index contributed by atoms with van der Waals surface area (Å²) in [6, 6.07) is 9.03. The number of piperidine rings is 1. The largest absolute Gasteiger partial charge is 0.346 e. The van der Waals surface area contributed by atoms with Gasteiger partial charge in [-0.2, -0.15) is 0 Å². The zero-order valence-corrected chi connectivity index (χ0v) is 13.9. The number of nitrogens with zero attached hydrogens (tertiary/aromatic N) is 1. The van der Waals surface area contributed by atoms with Crippen LogP contribution in [0.4, 0.5) is 4.79 Å². The number of rotatable bonds is 1. The van der Waals surface area contributed by atoms with Crippen molar-refractivity contribution in [1.29, 1.82) is 0 Å². The lowest BCUT2D eigenvalue weighted by Gasteiger charge is -2.38. The number of aryl methyl sites for hydroxylation is 1. The van der Waals surface area contributed by atoms with Crippen molar-refractivity contribution in [2.75, 3.05) is 26.3 Å². The molecule has 4 aliphatic rings. The quantitative estimate of drug-likeness (QED) is 0.860. The van der Waals surface area contributed by atoms with Gasteiger partial charge in [0.1, 0.15) is 0 Å². The summed E-state index contributed by atoms with van der Waals surface area (Å²) in [5, 5.41) is 3.29. The van der Waals surface area contributed by atoms with Gasteiger partial charge in [0, 0.05) is 24.9 Å². The van der Waals surface area contributed by atoms with Crippen LogP contribution in [0.2, 0.25) is 0 Å². The molecular weight excluding hydrogens is 304 g/mol. The van der Waals surface area contributed by atoms with Gasteiger partial charge in [0.05, 0.1) is 19.8 Å². The predicted octanol–water partition coefficient (Wildman–Crippen LogP) is 2.26. The van der Waals surface area contributed by atoms with Gasteiger partial charge in [-0.05, 0) is 36.3 Å². The Kier molecular flexibility index (Phi) is 3.35. The first-order valence-corrected chi connectivity index (χ1v) is 9.17. The predicted molar refractivity (Wildman–Crippen MR) is 88.8 cm³/mol. The molecule has 1 spiro atoms. The van der Waals surface area contributed by atoms with Gasteiger partial charge in [-0.1, -0.05) is 24.3 Å². The summed E-state index contributed by atoms with van der Waals surface area (Å²) >= 11 is 0. The molecular formula is C19H24N2O3. The van der Waals surface area contributed by atoms with Gasteiger partial charge in [-0.3, -0.25) is 0 Å². The molecule has 2 heterocycles. The van der Waals surface area contributed by atoms with Crippen molar-refractivity contribution in [3.63, 3.8) is 0 Å². The molecule has 24 heavy (non-hydrogen) atoms. The number of carbonyl (C=O) groups excluding carboxylic acids is 1. The number of hydrogen-bond donors (Lipinski definition) is 1. The Labute approximate surface area is 142 Å². The fourth-order valence-electron chi connectivity index (χ4n) is 4.89. The van der Waals surface area contributed by atoms with E-state index in [4.69, 9.17) is 9.47 Å². The molecule has 0 aromatic heterocycles. The van der Waals surface area contributed by atoms with Crippen molar-refractivity contribution in [1.82, 2.24) is 10.2 Å². The Morgan fingerprint density at radius 1 is 1.25 bits per heavy atom. The molecule has 2 saturated heterocycles. The van der Waals surface area contributed by atoms with Gasteiger partial charge in [-0.25, -0.2) is 4.79 Å². The average molecular weight is 328 g/mol. The molecule has 1 aromatic carbocycles. The molecule has 5 rings (SSSR count). The van der Waals surface area contributed by atoms with E-state index in [-0.39, 0.29) is 6.03 Å². The number of nitrogens with one attached hydrogen (secondary N) is 1. The van der Waals surface area contributed by atoms with Gasteiger partial charge >= 0.3 is 6.03 Å². The van der Waals surface area contributed by atoms with Crippen LogP contribution >= 0.6 is 0 Å². The zero-order chi connectivity index (χ0) is 16.1. The summed E-state index contributed by atoms with van der Waals surface area (Å²) in [6.07, 6.45) is 4.15. The van der Waals surface area contributed by atoms with Crippen LogP contribution in [0.3, 0.4) is 0 Å². The van der Waals surface area contributed by atoms with E-state index in [1.54, 1.807) is 0 Å². The number of amides is 2. The number of hydrogen-bond acceptors (Lipinski definition) is 3. The Balaban J connectivity index is 1.25. The van der Waals surface area contributed by atoms with E-state index in [1.165, 1.54) is 17.5 Å². The second-order valence-corrected chi connectivity index (χ2v) is 7.54. The van der Waals surface area contributed by atoms with Crippen LogP contribution in [0.1, 0.15) is 36.3 Å². The van der Waals surface area contributed by atoms with E-state index in [0.717, 1.165) is 25.8 Å². The summed E-state index contributed by atoms with van der Waals surface area (Å²) in [6.45, 7) is 2.62. The lowest BCUT2D eigenvalue weighted by atomic mass is 9.92. The summed E-state index contributed by atoms with van der Waals surface area (Å²) in [7, 11) is 0. The molecule has 0 unspecified atom stereocenters. The lowest BCUT2D eigenvalue weighted by Crippen LogP contribution is -2.54. The first kappa shape index (κ1) is 14.7. The normalized spacial score (nSPS) is 33.0. The third kappa shape index (κ3) is 2.33. The first-order valence-electron chi connectivity index (χ1n) is 9.17. The molecule has 128 valence electrons. The standard InChI is InChI=1S/C19H24N2O3/c22-18(21-9-3-8-19(12-21)23-10-11-24-19)20-17-15-7-6-13-4-1-2-5-14(13)16(15)17/h1-2,4-5,15-17H,3,6-12H2,(H,20,22)/t15-,16+,17-/m1/s1. The highest BCUT2D eigenvalue weighted by Crippen LogP contribution is 2.54. The van der Waals surface area contributed by atoms with Crippen LogP contribution in [0, 0.1) is 5.92 Å². The molecule has 1 aromatic rings. The summed E-state index contributed by atoms with van der Waals surface area (Å²) in [5.41, 5.74) is 2.90. The van der Waals surface area contributed by atoms with Gasteiger partial charge in [0.15, 0.2) is 5.79 Å². The van der Waals surface area contributed by atoms with Crippen LogP contribution in [-0.2, 0) is 15.9 Å². The van der Waals surface area contributed by atoms with E-state index in [0.29, 0.717) is 37.6 Å². The number of likely N-dealkylation sites (tertiary alicyclic amines) is 1. The fourth-order valence-corrected chi connectivity index (χ4v) is 4.89. The summed E-state index contributed by atoms with van der Waals surface area (Å²) in [4.78, 5) is 14.6. The Morgan fingerprint density at radius 2 is 2.08 bits per heavy atom. The highest BCUT2D eigenvalue weighted by atomic mass is 16.7. The Hall–Kier alpha value is -1.59. The second kappa shape index (κ2) is 5.46. The number of carbonyl (C=O) groups is 1. The molecule has 5 nitrogen and oxygen atoms in total.